The summed E-state index contributed by atoms with van der Waals surface area (Å²) in [6, 6.07) is 26.6. The predicted molar refractivity (Wildman–Crippen MR) is 179 cm³/mol. The van der Waals surface area contributed by atoms with Gasteiger partial charge in [0.25, 0.3) is 5.69 Å². The van der Waals surface area contributed by atoms with E-state index in [2.05, 4.69) is 12.1 Å². The van der Waals surface area contributed by atoms with Crippen molar-refractivity contribution in [2.45, 2.75) is 62.9 Å². The maximum atomic E-state index is 14.2. The van der Waals surface area contributed by atoms with Gasteiger partial charge in [-0.15, -0.1) is 0 Å². The summed E-state index contributed by atoms with van der Waals surface area (Å²) in [7, 11) is 0. The van der Waals surface area contributed by atoms with Crippen LogP contribution < -0.4 is 4.90 Å². The smallest absolute Gasteiger partial charge is 0.339 e. The number of anilines is 1. The Kier molecular flexibility index (Phi) is 10.7. The number of aromatic carboxylic acids is 1. The number of rotatable bonds is 12. The zero-order valence-corrected chi connectivity index (χ0v) is 26.5. The molecule has 0 radical (unpaired) electrons. The molecule has 238 valence electrons. The van der Waals surface area contributed by atoms with Crippen molar-refractivity contribution in [3.05, 3.63) is 129 Å². The summed E-state index contributed by atoms with van der Waals surface area (Å²) >= 11 is 1.32. The van der Waals surface area contributed by atoms with Gasteiger partial charge in [0.05, 0.1) is 18.0 Å². The Morgan fingerprint density at radius 3 is 2.26 bits per heavy atom. The lowest BCUT2D eigenvalue weighted by atomic mass is 9.84. The van der Waals surface area contributed by atoms with Crippen molar-refractivity contribution in [1.82, 2.24) is 4.31 Å². The molecule has 0 spiro atoms. The average molecular weight is 640 g/mol. The molecule has 9 nitrogen and oxygen atoms in total. The Morgan fingerprint density at radius 1 is 0.913 bits per heavy atom. The number of carbonyl (C=O) groups is 2. The number of hydrogen-bond donors (Lipinski definition) is 2. The first-order chi connectivity index (χ1) is 22.2. The van der Waals surface area contributed by atoms with E-state index in [4.69, 9.17) is 0 Å². The van der Waals surface area contributed by atoms with Gasteiger partial charge in [0.1, 0.15) is 11.3 Å². The van der Waals surface area contributed by atoms with E-state index >= 15 is 0 Å². The molecular weight excluding hydrogens is 602 g/mol. The van der Waals surface area contributed by atoms with Gasteiger partial charge in [0, 0.05) is 34.8 Å². The first-order valence-electron chi connectivity index (χ1n) is 15.4. The number of nitrogens with zero attached hydrogens (tertiary/aromatic N) is 3. The Balaban J connectivity index is 1.45. The number of carbonyl (C=O) groups excluding carboxylic acids is 1. The van der Waals surface area contributed by atoms with Gasteiger partial charge in [0.15, 0.2) is 0 Å². The summed E-state index contributed by atoms with van der Waals surface area (Å²) < 4.78 is 1.78. The normalized spacial score (nSPS) is 13.4. The zero-order chi connectivity index (χ0) is 32.6. The Labute approximate surface area is 272 Å². The van der Waals surface area contributed by atoms with E-state index in [1.54, 1.807) is 22.5 Å². The van der Waals surface area contributed by atoms with Gasteiger partial charge in [0.2, 0.25) is 5.91 Å². The lowest BCUT2D eigenvalue weighted by Crippen LogP contribution is -2.38. The highest BCUT2D eigenvalue weighted by atomic mass is 32.2. The number of carboxylic acid groups (broad SMARTS) is 1. The number of nitro benzene ring substituents is 1. The number of para-hydroxylation sites is 1. The molecule has 10 heteroatoms. The highest BCUT2D eigenvalue weighted by Crippen LogP contribution is 2.34. The van der Waals surface area contributed by atoms with Crippen LogP contribution >= 0.6 is 11.9 Å². The highest BCUT2D eigenvalue weighted by Gasteiger charge is 2.25. The third-order valence-corrected chi connectivity index (χ3v) is 9.32. The maximum Gasteiger partial charge on any atom is 0.339 e. The van der Waals surface area contributed by atoms with Crippen LogP contribution in [0.2, 0.25) is 0 Å². The summed E-state index contributed by atoms with van der Waals surface area (Å²) in [5, 5.41) is 31.8. The summed E-state index contributed by atoms with van der Waals surface area (Å²) in [6.45, 7) is 2.17. The molecule has 46 heavy (non-hydrogen) atoms. The number of amides is 1. The molecule has 0 atom stereocenters. The molecule has 1 aliphatic rings. The molecule has 0 bridgehead atoms. The van der Waals surface area contributed by atoms with Crippen LogP contribution in [-0.4, -0.2) is 37.9 Å². The highest BCUT2D eigenvalue weighted by molar-refractivity contribution is 7.97. The number of carboxylic acids is 1. The minimum atomic E-state index is -1.27. The summed E-state index contributed by atoms with van der Waals surface area (Å²) in [5.41, 5.74) is 3.76. The fourth-order valence-corrected chi connectivity index (χ4v) is 6.76. The fraction of sp³-hybridized carbons (Fsp3) is 0.278. The van der Waals surface area contributed by atoms with E-state index in [0.29, 0.717) is 17.2 Å². The molecule has 0 unspecified atom stereocenters. The molecule has 0 heterocycles. The average Bonchev–Trinajstić information content (AvgIpc) is 3.05. The molecular formula is C36H37N3O6S. The zero-order valence-electron chi connectivity index (χ0n) is 25.7. The molecule has 1 amide bonds. The van der Waals surface area contributed by atoms with Gasteiger partial charge in [-0.2, -0.15) is 0 Å². The van der Waals surface area contributed by atoms with Crippen LogP contribution in [0.15, 0.2) is 95.9 Å². The van der Waals surface area contributed by atoms with E-state index in [1.807, 2.05) is 43.3 Å². The second-order valence-corrected chi connectivity index (χ2v) is 12.8. The van der Waals surface area contributed by atoms with Crippen LogP contribution in [0.5, 0.6) is 5.75 Å². The molecule has 2 N–H and O–H groups in total. The number of nitro groups is 1. The van der Waals surface area contributed by atoms with Crippen molar-refractivity contribution in [1.29, 1.82) is 0 Å². The lowest BCUT2D eigenvalue weighted by molar-refractivity contribution is -0.385. The second-order valence-electron chi connectivity index (χ2n) is 11.7. The summed E-state index contributed by atoms with van der Waals surface area (Å²) in [5.74, 6) is -1.50. The van der Waals surface area contributed by atoms with E-state index in [1.165, 1.54) is 78.8 Å². The van der Waals surface area contributed by atoms with Gasteiger partial charge >= 0.3 is 5.97 Å². The Hall–Kier alpha value is -4.67. The number of aromatic hydroxyl groups is 1. The van der Waals surface area contributed by atoms with Crippen molar-refractivity contribution in [2.24, 2.45) is 0 Å². The molecule has 4 aromatic carbocycles. The van der Waals surface area contributed by atoms with E-state index in [0.717, 1.165) is 16.0 Å². The molecule has 1 aliphatic carbocycles. The predicted octanol–water partition coefficient (Wildman–Crippen LogP) is 8.10. The van der Waals surface area contributed by atoms with Crippen LogP contribution in [-0.2, 0) is 17.9 Å². The molecule has 0 saturated heterocycles. The first kappa shape index (κ1) is 32.7. The Morgan fingerprint density at radius 2 is 1.61 bits per heavy atom. The van der Waals surface area contributed by atoms with E-state index < -0.39 is 16.6 Å². The minimum absolute atomic E-state index is 0.0338. The van der Waals surface area contributed by atoms with Crippen molar-refractivity contribution < 1.29 is 24.7 Å². The van der Waals surface area contributed by atoms with E-state index in [9.17, 15) is 29.9 Å². The second kappa shape index (κ2) is 15.1. The van der Waals surface area contributed by atoms with Crippen LogP contribution in [0, 0.1) is 17.0 Å². The molecule has 0 aliphatic heterocycles. The van der Waals surface area contributed by atoms with Crippen molar-refractivity contribution >= 4 is 35.2 Å². The van der Waals surface area contributed by atoms with Crippen LogP contribution in [0.1, 0.15) is 70.6 Å². The number of benzene rings is 4. The maximum absolute atomic E-state index is 14.2. The largest absolute Gasteiger partial charge is 0.507 e. The number of aryl methyl sites for hydroxylation is 1. The summed E-state index contributed by atoms with van der Waals surface area (Å²) in [6.07, 6.45) is 6.08. The monoisotopic (exact) mass is 639 g/mol. The van der Waals surface area contributed by atoms with Gasteiger partial charge in [-0.05, 0) is 73.0 Å². The summed E-state index contributed by atoms with van der Waals surface area (Å²) in [4.78, 5) is 39.5. The van der Waals surface area contributed by atoms with Crippen LogP contribution in [0.4, 0.5) is 11.4 Å². The molecule has 5 rings (SSSR count). The molecule has 1 fully saturated rings. The molecule has 1 saturated carbocycles. The van der Waals surface area contributed by atoms with Crippen LogP contribution in [0.25, 0.3) is 0 Å². The van der Waals surface area contributed by atoms with Crippen LogP contribution in [0.3, 0.4) is 0 Å². The lowest BCUT2D eigenvalue weighted by Gasteiger charge is -2.28. The first-order valence-corrected chi connectivity index (χ1v) is 16.1. The van der Waals surface area contributed by atoms with E-state index in [-0.39, 0.29) is 36.8 Å². The number of hydrogen-bond acceptors (Lipinski definition) is 7. The van der Waals surface area contributed by atoms with Gasteiger partial charge in [-0.3, -0.25) is 14.9 Å². The minimum Gasteiger partial charge on any atom is -0.507 e. The number of phenols is 1. The quantitative estimate of drug-likeness (QED) is 0.0905. The molecule has 0 aromatic heterocycles. The standard InChI is InChI=1S/C36H37N3O6S/c1-25-11-18-31(19-12-25)46-37(23-29-9-5-6-10-33(29)39(44)45)24-35(41)38(30-17-20-32(36(42)43)34(40)21-30)22-26-13-15-28(16-14-26)27-7-3-2-4-8-27/h5-6,9-21,27,40H,2-4,7-8,22-24H2,1H3,(H,42,43). The van der Waals surface area contributed by atoms with Crippen molar-refractivity contribution in [3.8, 4) is 5.75 Å². The van der Waals surface area contributed by atoms with Crippen molar-refractivity contribution in [3.63, 3.8) is 0 Å². The Bertz CT molecular complexity index is 1690. The molecule has 4 aromatic rings. The fourth-order valence-electron chi connectivity index (χ4n) is 5.82. The SMILES string of the molecule is Cc1ccc(SN(CC(=O)N(Cc2ccc(C3CCCCC3)cc2)c2ccc(C(=O)O)c(O)c2)Cc2ccccc2[N+](=O)[O-])cc1. The topological polar surface area (TPSA) is 124 Å². The van der Waals surface area contributed by atoms with Gasteiger partial charge in [-0.25, -0.2) is 9.10 Å². The third-order valence-electron chi connectivity index (χ3n) is 8.32. The van der Waals surface area contributed by atoms with Gasteiger partial charge in [-0.1, -0.05) is 79.4 Å². The van der Waals surface area contributed by atoms with Gasteiger partial charge < -0.3 is 15.1 Å². The third kappa shape index (κ3) is 8.32. The van der Waals surface area contributed by atoms with Crippen molar-refractivity contribution in [2.75, 3.05) is 11.4 Å².